The van der Waals surface area contributed by atoms with Gasteiger partial charge in [-0.3, -0.25) is 4.79 Å². The Morgan fingerprint density at radius 2 is 1.95 bits per heavy atom. The van der Waals surface area contributed by atoms with Crippen LogP contribution in [0.1, 0.15) is 24.2 Å². The van der Waals surface area contributed by atoms with Crippen LogP contribution >= 0.6 is 0 Å². The van der Waals surface area contributed by atoms with E-state index in [1.165, 1.54) is 12.1 Å². The highest BCUT2D eigenvalue weighted by Gasteiger charge is 2.02. The van der Waals surface area contributed by atoms with Crippen molar-refractivity contribution >= 4 is 5.91 Å². The maximum Gasteiger partial charge on any atom is 0.220 e. The fourth-order valence-electron chi connectivity index (χ4n) is 1.94. The summed E-state index contributed by atoms with van der Waals surface area (Å²) in [4.78, 5) is 11.6. The molecule has 4 heteroatoms. The monoisotopic (exact) mass is 275 g/mol. The second kappa shape index (κ2) is 7.48. The van der Waals surface area contributed by atoms with E-state index in [9.17, 15) is 9.18 Å². The fourth-order valence-corrected chi connectivity index (χ4v) is 1.94. The van der Waals surface area contributed by atoms with Crippen molar-refractivity contribution in [2.45, 2.75) is 25.7 Å². The van der Waals surface area contributed by atoms with E-state index in [-0.39, 0.29) is 11.7 Å². The van der Waals surface area contributed by atoms with E-state index in [0.717, 1.165) is 24.2 Å². The van der Waals surface area contributed by atoms with Crippen molar-refractivity contribution in [1.29, 1.82) is 0 Å². The number of benzene rings is 1. The van der Waals surface area contributed by atoms with E-state index in [1.807, 2.05) is 12.1 Å². The summed E-state index contributed by atoms with van der Waals surface area (Å²) in [6.45, 7) is 0.642. The number of aryl methyl sites for hydroxylation is 2. The zero-order valence-corrected chi connectivity index (χ0v) is 11.3. The Morgan fingerprint density at radius 1 is 1.15 bits per heavy atom. The van der Waals surface area contributed by atoms with Crippen molar-refractivity contribution in [3.8, 4) is 0 Å². The highest BCUT2D eigenvalue weighted by Crippen LogP contribution is 2.06. The first kappa shape index (κ1) is 14.3. The topological polar surface area (TPSA) is 42.2 Å². The Balaban J connectivity index is 1.59. The number of halogens is 1. The summed E-state index contributed by atoms with van der Waals surface area (Å²) in [6.07, 6.45) is 4.38. The lowest BCUT2D eigenvalue weighted by Gasteiger charge is -2.04. The number of nitrogens with one attached hydrogen (secondary N) is 1. The van der Waals surface area contributed by atoms with Crippen molar-refractivity contribution in [3.63, 3.8) is 0 Å². The molecule has 0 aliphatic rings. The Hall–Kier alpha value is -2.10. The third kappa shape index (κ3) is 4.88. The molecule has 0 saturated carbocycles. The summed E-state index contributed by atoms with van der Waals surface area (Å²) >= 11 is 0. The van der Waals surface area contributed by atoms with E-state index < -0.39 is 0 Å². The minimum atomic E-state index is -0.254. The van der Waals surface area contributed by atoms with Crippen molar-refractivity contribution in [3.05, 3.63) is 59.8 Å². The Bertz CT molecular complexity index is 520. The molecule has 0 fully saturated rings. The van der Waals surface area contributed by atoms with Gasteiger partial charge in [-0.2, -0.15) is 0 Å². The molecule has 2 rings (SSSR count). The lowest BCUT2D eigenvalue weighted by atomic mass is 10.1. The molecule has 2 aromatic rings. The summed E-state index contributed by atoms with van der Waals surface area (Å²) in [5, 5.41) is 2.87. The molecule has 0 bridgehead atoms. The second-order valence-corrected chi connectivity index (χ2v) is 4.66. The maximum atomic E-state index is 12.7. The SMILES string of the molecule is O=C(CCc1ccc(F)cc1)NCCCc1ccco1. The van der Waals surface area contributed by atoms with Gasteiger partial charge >= 0.3 is 0 Å². The van der Waals surface area contributed by atoms with Crippen LogP contribution in [0.3, 0.4) is 0 Å². The third-order valence-electron chi connectivity index (χ3n) is 3.06. The van der Waals surface area contributed by atoms with Gasteiger partial charge in [0.05, 0.1) is 6.26 Å². The second-order valence-electron chi connectivity index (χ2n) is 4.66. The number of amides is 1. The van der Waals surface area contributed by atoms with Gasteiger partial charge in [-0.15, -0.1) is 0 Å². The van der Waals surface area contributed by atoms with Gasteiger partial charge in [0.1, 0.15) is 11.6 Å². The van der Waals surface area contributed by atoms with Gasteiger partial charge in [0.15, 0.2) is 0 Å². The molecule has 1 amide bonds. The average molecular weight is 275 g/mol. The zero-order valence-electron chi connectivity index (χ0n) is 11.3. The number of hydrogen-bond acceptors (Lipinski definition) is 2. The van der Waals surface area contributed by atoms with Crippen molar-refractivity contribution in [2.24, 2.45) is 0 Å². The summed E-state index contributed by atoms with van der Waals surface area (Å²) in [6, 6.07) is 10.0. The molecule has 1 N–H and O–H groups in total. The normalized spacial score (nSPS) is 10.4. The molecule has 0 unspecified atom stereocenters. The van der Waals surface area contributed by atoms with Crippen LogP contribution in [0.2, 0.25) is 0 Å². The van der Waals surface area contributed by atoms with Crippen LogP contribution in [0.5, 0.6) is 0 Å². The molecule has 1 aromatic carbocycles. The predicted octanol–water partition coefficient (Wildman–Crippen LogP) is 3.10. The molecule has 0 atom stereocenters. The van der Waals surface area contributed by atoms with Gasteiger partial charge in [0.2, 0.25) is 5.91 Å². The summed E-state index contributed by atoms with van der Waals surface area (Å²) in [7, 11) is 0. The van der Waals surface area contributed by atoms with Crippen molar-refractivity contribution < 1.29 is 13.6 Å². The lowest BCUT2D eigenvalue weighted by Crippen LogP contribution is -2.24. The molecule has 0 saturated heterocycles. The smallest absolute Gasteiger partial charge is 0.220 e. The Kier molecular flexibility index (Phi) is 5.35. The fraction of sp³-hybridized carbons (Fsp3) is 0.312. The van der Waals surface area contributed by atoms with Crippen LogP contribution in [0.15, 0.2) is 47.1 Å². The molecular formula is C16H18FNO2. The quantitative estimate of drug-likeness (QED) is 0.789. The molecule has 1 aromatic heterocycles. The summed E-state index contributed by atoms with van der Waals surface area (Å²) in [5.41, 5.74) is 0.970. The van der Waals surface area contributed by atoms with E-state index in [0.29, 0.717) is 19.4 Å². The number of carbonyl (C=O) groups excluding carboxylic acids is 1. The molecule has 0 spiro atoms. The minimum Gasteiger partial charge on any atom is -0.469 e. The van der Waals surface area contributed by atoms with Crippen molar-refractivity contribution in [2.75, 3.05) is 6.54 Å². The van der Waals surface area contributed by atoms with Crippen LogP contribution < -0.4 is 5.32 Å². The van der Waals surface area contributed by atoms with Crippen LogP contribution in [0.25, 0.3) is 0 Å². The molecule has 1 heterocycles. The van der Waals surface area contributed by atoms with Crippen LogP contribution in [0.4, 0.5) is 4.39 Å². The van der Waals surface area contributed by atoms with Gasteiger partial charge in [-0.1, -0.05) is 12.1 Å². The number of carbonyl (C=O) groups is 1. The first-order valence-electron chi connectivity index (χ1n) is 6.77. The van der Waals surface area contributed by atoms with Gasteiger partial charge in [0, 0.05) is 19.4 Å². The minimum absolute atomic E-state index is 0.0220. The summed E-state index contributed by atoms with van der Waals surface area (Å²) in [5.74, 6) is 0.704. The first-order valence-corrected chi connectivity index (χ1v) is 6.77. The van der Waals surface area contributed by atoms with Gasteiger partial charge in [-0.05, 0) is 42.7 Å². The van der Waals surface area contributed by atoms with Gasteiger partial charge < -0.3 is 9.73 Å². The van der Waals surface area contributed by atoms with Gasteiger partial charge in [0.25, 0.3) is 0 Å². The Labute approximate surface area is 117 Å². The van der Waals surface area contributed by atoms with Gasteiger partial charge in [-0.25, -0.2) is 4.39 Å². The molecule has 0 radical (unpaired) electrons. The van der Waals surface area contributed by atoms with E-state index in [1.54, 1.807) is 18.4 Å². The van der Waals surface area contributed by atoms with E-state index >= 15 is 0 Å². The highest BCUT2D eigenvalue weighted by atomic mass is 19.1. The molecule has 106 valence electrons. The van der Waals surface area contributed by atoms with Crippen LogP contribution in [-0.4, -0.2) is 12.5 Å². The Morgan fingerprint density at radius 3 is 2.65 bits per heavy atom. The number of hydrogen-bond donors (Lipinski definition) is 1. The molecule has 3 nitrogen and oxygen atoms in total. The number of rotatable bonds is 7. The van der Waals surface area contributed by atoms with Crippen molar-refractivity contribution in [1.82, 2.24) is 5.32 Å². The summed E-state index contributed by atoms with van der Waals surface area (Å²) < 4.78 is 17.9. The number of furan rings is 1. The molecular weight excluding hydrogens is 257 g/mol. The highest BCUT2D eigenvalue weighted by molar-refractivity contribution is 5.76. The third-order valence-corrected chi connectivity index (χ3v) is 3.06. The molecule has 0 aliphatic heterocycles. The molecule has 20 heavy (non-hydrogen) atoms. The average Bonchev–Trinajstić information content (AvgIpc) is 2.96. The lowest BCUT2D eigenvalue weighted by molar-refractivity contribution is -0.121. The predicted molar refractivity (Wildman–Crippen MR) is 74.8 cm³/mol. The first-order chi connectivity index (χ1) is 9.74. The largest absolute Gasteiger partial charge is 0.469 e. The van der Waals surface area contributed by atoms with Crippen LogP contribution in [-0.2, 0) is 17.6 Å². The van der Waals surface area contributed by atoms with E-state index in [4.69, 9.17) is 4.42 Å². The van der Waals surface area contributed by atoms with Crippen LogP contribution in [0, 0.1) is 5.82 Å². The maximum absolute atomic E-state index is 12.7. The zero-order chi connectivity index (χ0) is 14.2. The standard InChI is InChI=1S/C16H18FNO2/c17-14-8-5-13(6-9-14)7-10-16(19)18-11-1-3-15-4-2-12-20-15/h2,4-6,8-9,12H,1,3,7,10-11H2,(H,18,19). The molecule has 0 aliphatic carbocycles. The van der Waals surface area contributed by atoms with E-state index in [2.05, 4.69) is 5.32 Å².